The molecule has 1 heterocycles. The predicted molar refractivity (Wildman–Crippen MR) is 65.3 cm³/mol. The second-order valence-electron chi connectivity index (χ2n) is 4.28. The van der Waals surface area contributed by atoms with Crippen LogP contribution in [0.3, 0.4) is 0 Å². The number of aryl methyl sites for hydroxylation is 1. The maximum absolute atomic E-state index is 11.8. The van der Waals surface area contributed by atoms with E-state index in [2.05, 4.69) is 5.32 Å². The lowest BCUT2D eigenvalue weighted by molar-refractivity contribution is -0.384. The van der Waals surface area contributed by atoms with E-state index in [-0.39, 0.29) is 29.8 Å². The van der Waals surface area contributed by atoms with Gasteiger partial charge in [0.2, 0.25) is 0 Å². The molecule has 100 valence electrons. The van der Waals surface area contributed by atoms with Crippen LogP contribution in [0.25, 0.3) is 0 Å². The van der Waals surface area contributed by atoms with Crippen LogP contribution in [0.4, 0.5) is 5.69 Å². The van der Waals surface area contributed by atoms with E-state index in [1.54, 1.807) is 7.05 Å². The first-order valence-electron chi connectivity index (χ1n) is 5.65. The van der Waals surface area contributed by atoms with E-state index in [4.69, 9.17) is 5.11 Å². The number of amides is 1. The lowest BCUT2D eigenvalue weighted by Gasteiger charge is -2.11. The van der Waals surface area contributed by atoms with E-state index in [0.29, 0.717) is 13.0 Å². The Kier molecular flexibility index (Phi) is 4.85. The molecule has 7 nitrogen and oxygen atoms in total. The van der Waals surface area contributed by atoms with Crippen LogP contribution in [0, 0.1) is 16.0 Å². The quantitative estimate of drug-likeness (QED) is 0.577. The summed E-state index contributed by atoms with van der Waals surface area (Å²) < 4.78 is 1.42. The van der Waals surface area contributed by atoms with E-state index in [1.807, 2.05) is 6.92 Å². The van der Waals surface area contributed by atoms with E-state index >= 15 is 0 Å². The van der Waals surface area contributed by atoms with E-state index in [0.717, 1.165) is 0 Å². The van der Waals surface area contributed by atoms with Crippen molar-refractivity contribution in [3.8, 4) is 0 Å². The summed E-state index contributed by atoms with van der Waals surface area (Å²) in [5.41, 5.74) is 0.143. The van der Waals surface area contributed by atoms with Crippen LogP contribution in [-0.2, 0) is 7.05 Å². The third-order valence-electron chi connectivity index (χ3n) is 2.67. The van der Waals surface area contributed by atoms with Crippen molar-refractivity contribution in [3.05, 3.63) is 28.1 Å². The van der Waals surface area contributed by atoms with E-state index < -0.39 is 4.92 Å². The molecule has 0 radical (unpaired) electrons. The number of nitrogens with one attached hydrogen (secondary N) is 1. The molecular formula is C11H17N3O4. The highest BCUT2D eigenvalue weighted by molar-refractivity contribution is 5.93. The van der Waals surface area contributed by atoms with Crippen LogP contribution in [0.5, 0.6) is 0 Å². The molecule has 1 unspecified atom stereocenters. The Balaban J connectivity index is 2.64. The van der Waals surface area contributed by atoms with Gasteiger partial charge in [-0.15, -0.1) is 0 Å². The van der Waals surface area contributed by atoms with Gasteiger partial charge < -0.3 is 15.0 Å². The van der Waals surface area contributed by atoms with Crippen LogP contribution in [-0.4, -0.2) is 33.7 Å². The van der Waals surface area contributed by atoms with Gasteiger partial charge in [0, 0.05) is 26.3 Å². The number of hydrogen-bond donors (Lipinski definition) is 2. The summed E-state index contributed by atoms with van der Waals surface area (Å²) in [7, 11) is 1.58. The number of aromatic nitrogens is 1. The maximum Gasteiger partial charge on any atom is 0.287 e. The molecule has 0 aliphatic rings. The number of rotatable bonds is 6. The smallest absolute Gasteiger partial charge is 0.287 e. The van der Waals surface area contributed by atoms with Crippen LogP contribution >= 0.6 is 0 Å². The summed E-state index contributed by atoms with van der Waals surface area (Å²) in [5.74, 6) is -0.190. The molecular weight excluding hydrogens is 238 g/mol. The number of hydrogen-bond acceptors (Lipinski definition) is 4. The molecule has 7 heteroatoms. The van der Waals surface area contributed by atoms with Crippen LogP contribution in [0.1, 0.15) is 23.8 Å². The fraction of sp³-hybridized carbons (Fsp3) is 0.545. The van der Waals surface area contributed by atoms with Crippen molar-refractivity contribution in [3.63, 3.8) is 0 Å². The predicted octanol–water partition coefficient (Wildman–Crippen LogP) is 0.682. The zero-order valence-electron chi connectivity index (χ0n) is 10.4. The lowest BCUT2D eigenvalue weighted by Crippen LogP contribution is -2.29. The van der Waals surface area contributed by atoms with E-state index in [9.17, 15) is 14.9 Å². The molecule has 18 heavy (non-hydrogen) atoms. The summed E-state index contributed by atoms with van der Waals surface area (Å²) in [6, 6.07) is 1.24. The Hall–Kier alpha value is -1.89. The van der Waals surface area contributed by atoms with Crippen molar-refractivity contribution >= 4 is 11.6 Å². The number of nitrogens with zero attached hydrogens (tertiary/aromatic N) is 2. The minimum absolute atomic E-state index is 0.0761. The van der Waals surface area contributed by atoms with Crippen molar-refractivity contribution in [1.29, 1.82) is 0 Å². The number of aliphatic hydroxyl groups is 1. The van der Waals surface area contributed by atoms with Gasteiger partial charge in [0.15, 0.2) is 0 Å². The molecule has 0 aliphatic heterocycles. The molecule has 0 spiro atoms. The van der Waals surface area contributed by atoms with Gasteiger partial charge in [0.25, 0.3) is 11.6 Å². The fourth-order valence-corrected chi connectivity index (χ4v) is 1.55. The highest BCUT2D eigenvalue weighted by Crippen LogP contribution is 2.15. The number of carbonyl (C=O) groups is 1. The number of aliphatic hydroxyl groups excluding tert-OH is 1. The minimum atomic E-state index is -0.537. The van der Waals surface area contributed by atoms with Gasteiger partial charge in [0.05, 0.1) is 11.1 Å². The highest BCUT2D eigenvalue weighted by atomic mass is 16.6. The van der Waals surface area contributed by atoms with Crippen molar-refractivity contribution < 1.29 is 14.8 Å². The van der Waals surface area contributed by atoms with Gasteiger partial charge >= 0.3 is 0 Å². The molecule has 0 saturated carbocycles. The van der Waals surface area contributed by atoms with Gasteiger partial charge in [-0.05, 0) is 12.3 Å². The SMILES string of the molecule is CC(CCO)CNC(=O)c1cc([N+](=O)[O-])cn1C. The second kappa shape index (κ2) is 6.15. The third-order valence-corrected chi connectivity index (χ3v) is 2.67. The summed E-state index contributed by atoms with van der Waals surface area (Å²) in [4.78, 5) is 21.8. The number of nitro groups is 1. The molecule has 0 fully saturated rings. The zero-order chi connectivity index (χ0) is 13.7. The first-order chi connectivity index (χ1) is 8.45. The van der Waals surface area contributed by atoms with Gasteiger partial charge in [0.1, 0.15) is 5.69 Å². The monoisotopic (exact) mass is 255 g/mol. The Morgan fingerprint density at radius 3 is 2.83 bits per heavy atom. The summed E-state index contributed by atoms with van der Waals surface area (Å²) in [6.45, 7) is 2.41. The van der Waals surface area contributed by atoms with Crippen LogP contribution in [0.15, 0.2) is 12.3 Å². The molecule has 0 bridgehead atoms. The standard InChI is InChI=1S/C11H17N3O4/c1-8(3-4-15)6-12-11(16)10-5-9(14(17)18)7-13(10)2/h5,7-8,15H,3-4,6H2,1-2H3,(H,12,16). The van der Waals surface area contributed by atoms with Gasteiger partial charge in [-0.1, -0.05) is 6.92 Å². The molecule has 1 amide bonds. The normalized spacial score (nSPS) is 12.2. The Morgan fingerprint density at radius 1 is 1.67 bits per heavy atom. The fourth-order valence-electron chi connectivity index (χ4n) is 1.55. The lowest BCUT2D eigenvalue weighted by atomic mass is 10.1. The summed E-state index contributed by atoms with van der Waals surface area (Å²) >= 11 is 0. The van der Waals surface area contributed by atoms with Gasteiger partial charge in [-0.2, -0.15) is 0 Å². The highest BCUT2D eigenvalue weighted by Gasteiger charge is 2.17. The van der Waals surface area contributed by atoms with Gasteiger partial charge in [-0.3, -0.25) is 14.9 Å². The Bertz CT molecular complexity index is 441. The van der Waals surface area contributed by atoms with Crippen molar-refractivity contribution in [2.45, 2.75) is 13.3 Å². The average Bonchev–Trinajstić information content (AvgIpc) is 2.69. The zero-order valence-corrected chi connectivity index (χ0v) is 10.4. The molecule has 1 atom stereocenters. The topological polar surface area (TPSA) is 97.4 Å². The van der Waals surface area contributed by atoms with Crippen molar-refractivity contribution in [1.82, 2.24) is 9.88 Å². The van der Waals surface area contributed by atoms with Crippen LogP contribution < -0.4 is 5.32 Å². The molecule has 0 aliphatic carbocycles. The Morgan fingerprint density at radius 2 is 2.33 bits per heavy atom. The average molecular weight is 255 g/mol. The molecule has 2 N–H and O–H groups in total. The first kappa shape index (κ1) is 14.2. The molecule has 1 rings (SSSR count). The molecule has 0 aromatic carbocycles. The first-order valence-corrected chi connectivity index (χ1v) is 5.65. The largest absolute Gasteiger partial charge is 0.396 e. The molecule has 0 saturated heterocycles. The van der Waals surface area contributed by atoms with Gasteiger partial charge in [-0.25, -0.2) is 0 Å². The summed E-state index contributed by atoms with van der Waals surface area (Å²) in [6.07, 6.45) is 1.90. The molecule has 1 aromatic rings. The van der Waals surface area contributed by atoms with Crippen molar-refractivity contribution in [2.75, 3.05) is 13.2 Å². The Labute approximate surface area is 105 Å². The van der Waals surface area contributed by atoms with Crippen LogP contribution in [0.2, 0.25) is 0 Å². The molecule has 1 aromatic heterocycles. The second-order valence-corrected chi connectivity index (χ2v) is 4.28. The van der Waals surface area contributed by atoms with Crippen molar-refractivity contribution in [2.24, 2.45) is 13.0 Å². The van der Waals surface area contributed by atoms with E-state index in [1.165, 1.54) is 16.8 Å². The minimum Gasteiger partial charge on any atom is -0.396 e. The maximum atomic E-state index is 11.8. The summed E-state index contributed by atoms with van der Waals surface area (Å²) in [5, 5.41) is 22.0. The number of carbonyl (C=O) groups excluding carboxylic acids is 1. The third kappa shape index (κ3) is 3.56.